The summed E-state index contributed by atoms with van der Waals surface area (Å²) in [5.74, 6) is 0. The number of rotatable bonds is 2. The SMILES string of the molecule is O=[N+]([O-])C(Br)c1cccc(Br)c1. The molecule has 1 atom stereocenters. The standard InChI is InChI=1S/C7H5Br2NO2/c8-6-3-1-2-5(4-6)7(9)10(11)12/h1-4,7H. The summed E-state index contributed by atoms with van der Waals surface area (Å²) in [6, 6.07) is 7.00. The Morgan fingerprint density at radius 1 is 1.50 bits per heavy atom. The highest BCUT2D eigenvalue weighted by Crippen LogP contribution is 2.25. The summed E-state index contributed by atoms with van der Waals surface area (Å²) in [7, 11) is 0. The van der Waals surface area contributed by atoms with Crippen molar-refractivity contribution in [2.45, 2.75) is 4.95 Å². The van der Waals surface area contributed by atoms with Gasteiger partial charge in [0.2, 0.25) is 0 Å². The molecule has 12 heavy (non-hydrogen) atoms. The second kappa shape index (κ2) is 4.00. The van der Waals surface area contributed by atoms with Gasteiger partial charge in [-0.25, -0.2) is 0 Å². The van der Waals surface area contributed by atoms with Crippen molar-refractivity contribution in [3.8, 4) is 0 Å². The van der Waals surface area contributed by atoms with Gasteiger partial charge >= 0.3 is 0 Å². The molecular formula is C7H5Br2NO2. The average Bonchev–Trinajstić information content (AvgIpc) is 2.03. The van der Waals surface area contributed by atoms with Crippen LogP contribution in [0.4, 0.5) is 0 Å². The molecule has 1 aromatic rings. The van der Waals surface area contributed by atoms with E-state index in [0.29, 0.717) is 5.56 Å². The fourth-order valence-corrected chi connectivity index (χ4v) is 1.48. The van der Waals surface area contributed by atoms with Crippen LogP contribution in [-0.2, 0) is 0 Å². The summed E-state index contributed by atoms with van der Waals surface area (Å²) in [6.45, 7) is 0. The molecule has 0 aliphatic heterocycles. The first-order chi connectivity index (χ1) is 5.61. The first-order valence-electron chi connectivity index (χ1n) is 3.14. The van der Waals surface area contributed by atoms with E-state index < -0.39 is 4.95 Å². The Labute approximate surface area is 86.2 Å². The van der Waals surface area contributed by atoms with Crippen LogP contribution in [0, 0.1) is 10.1 Å². The van der Waals surface area contributed by atoms with Crippen molar-refractivity contribution in [2.75, 3.05) is 0 Å². The monoisotopic (exact) mass is 293 g/mol. The Bertz CT molecular complexity index is 303. The van der Waals surface area contributed by atoms with Crippen LogP contribution in [0.1, 0.15) is 10.5 Å². The van der Waals surface area contributed by atoms with E-state index >= 15 is 0 Å². The molecule has 0 saturated carbocycles. The lowest BCUT2D eigenvalue weighted by Crippen LogP contribution is -2.02. The van der Waals surface area contributed by atoms with E-state index in [0.717, 1.165) is 4.47 Å². The third-order valence-corrected chi connectivity index (χ3v) is 2.67. The van der Waals surface area contributed by atoms with Gasteiger partial charge in [-0.05, 0) is 12.1 Å². The highest BCUT2D eigenvalue weighted by Gasteiger charge is 2.17. The zero-order valence-electron chi connectivity index (χ0n) is 5.91. The maximum atomic E-state index is 10.4. The first kappa shape index (κ1) is 9.67. The summed E-state index contributed by atoms with van der Waals surface area (Å²) in [5, 5.41) is 10.4. The molecule has 0 bridgehead atoms. The molecule has 1 aromatic carbocycles. The van der Waals surface area contributed by atoms with Crippen LogP contribution in [0.5, 0.6) is 0 Å². The Kier molecular flexibility index (Phi) is 3.22. The van der Waals surface area contributed by atoms with Crippen LogP contribution in [0.3, 0.4) is 0 Å². The van der Waals surface area contributed by atoms with E-state index in [4.69, 9.17) is 0 Å². The number of halogens is 2. The van der Waals surface area contributed by atoms with Gasteiger partial charge in [-0.3, -0.25) is 10.1 Å². The molecule has 3 nitrogen and oxygen atoms in total. The first-order valence-corrected chi connectivity index (χ1v) is 4.85. The number of hydrogen-bond donors (Lipinski definition) is 0. The van der Waals surface area contributed by atoms with Crippen LogP contribution < -0.4 is 0 Å². The smallest absolute Gasteiger partial charge is 0.263 e. The quantitative estimate of drug-likeness (QED) is 0.364. The highest BCUT2D eigenvalue weighted by atomic mass is 79.9. The van der Waals surface area contributed by atoms with E-state index in [-0.39, 0.29) is 4.92 Å². The number of hydrogen-bond acceptors (Lipinski definition) is 2. The van der Waals surface area contributed by atoms with Gasteiger partial charge in [-0.1, -0.05) is 28.1 Å². The molecule has 0 aliphatic rings. The van der Waals surface area contributed by atoms with Crippen LogP contribution in [0.2, 0.25) is 0 Å². The molecule has 0 N–H and O–H groups in total. The van der Waals surface area contributed by atoms with Crippen LogP contribution in [0.15, 0.2) is 28.7 Å². The van der Waals surface area contributed by atoms with Crippen molar-refractivity contribution in [3.63, 3.8) is 0 Å². The molecule has 0 fully saturated rings. The zero-order valence-corrected chi connectivity index (χ0v) is 9.08. The molecule has 5 heteroatoms. The van der Waals surface area contributed by atoms with Gasteiger partial charge in [-0.2, -0.15) is 0 Å². The van der Waals surface area contributed by atoms with Crippen molar-refractivity contribution >= 4 is 31.9 Å². The molecular weight excluding hydrogens is 290 g/mol. The molecule has 0 aliphatic carbocycles. The summed E-state index contributed by atoms with van der Waals surface area (Å²) in [4.78, 5) is 9.14. The van der Waals surface area contributed by atoms with Gasteiger partial charge in [0.25, 0.3) is 4.95 Å². The van der Waals surface area contributed by atoms with E-state index in [1.54, 1.807) is 18.2 Å². The number of nitrogens with zero attached hydrogens (tertiary/aromatic N) is 1. The molecule has 0 aromatic heterocycles. The van der Waals surface area contributed by atoms with Crippen molar-refractivity contribution in [2.24, 2.45) is 0 Å². The van der Waals surface area contributed by atoms with Crippen molar-refractivity contribution in [3.05, 3.63) is 44.4 Å². The molecule has 0 amide bonds. The minimum absolute atomic E-state index is 0.387. The fraction of sp³-hybridized carbons (Fsp3) is 0.143. The fourth-order valence-electron chi connectivity index (χ4n) is 0.776. The third kappa shape index (κ3) is 2.28. The van der Waals surface area contributed by atoms with Gasteiger partial charge in [0, 0.05) is 30.9 Å². The van der Waals surface area contributed by atoms with Crippen molar-refractivity contribution in [1.82, 2.24) is 0 Å². The molecule has 0 spiro atoms. The normalized spacial score (nSPS) is 12.5. The second-order valence-electron chi connectivity index (χ2n) is 2.18. The molecule has 1 rings (SSSR count). The van der Waals surface area contributed by atoms with E-state index in [1.807, 2.05) is 6.07 Å². The maximum Gasteiger partial charge on any atom is 0.290 e. The van der Waals surface area contributed by atoms with Crippen LogP contribution in [-0.4, -0.2) is 4.92 Å². The Morgan fingerprint density at radius 2 is 2.17 bits per heavy atom. The number of nitro groups is 1. The molecule has 1 unspecified atom stereocenters. The largest absolute Gasteiger partial charge is 0.290 e. The van der Waals surface area contributed by atoms with Crippen LogP contribution >= 0.6 is 31.9 Å². The Balaban J connectivity index is 2.95. The van der Waals surface area contributed by atoms with E-state index in [1.165, 1.54) is 0 Å². The van der Waals surface area contributed by atoms with Gasteiger partial charge in [0.15, 0.2) is 0 Å². The lowest BCUT2D eigenvalue weighted by atomic mass is 10.2. The second-order valence-corrected chi connectivity index (χ2v) is 3.96. The molecule has 0 radical (unpaired) electrons. The maximum absolute atomic E-state index is 10.4. The summed E-state index contributed by atoms with van der Waals surface area (Å²) < 4.78 is 0.839. The van der Waals surface area contributed by atoms with Crippen LogP contribution in [0.25, 0.3) is 0 Å². The number of benzene rings is 1. The number of alkyl halides is 1. The zero-order chi connectivity index (χ0) is 9.14. The summed E-state index contributed by atoms with van der Waals surface area (Å²) >= 11 is 6.20. The predicted octanol–water partition coefficient (Wildman–Crippen LogP) is 3.12. The molecule has 0 heterocycles. The minimum Gasteiger partial charge on any atom is -0.263 e. The Morgan fingerprint density at radius 3 is 2.67 bits per heavy atom. The average molecular weight is 295 g/mol. The van der Waals surface area contributed by atoms with Gasteiger partial charge in [0.05, 0.1) is 0 Å². The lowest BCUT2D eigenvalue weighted by Gasteiger charge is -2.01. The molecule has 64 valence electrons. The predicted molar refractivity (Wildman–Crippen MR) is 52.8 cm³/mol. The van der Waals surface area contributed by atoms with E-state index in [2.05, 4.69) is 31.9 Å². The van der Waals surface area contributed by atoms with Crippen molar-refractivity contribution in [1.29, 1.82) is 0 Å². The highest BCUT2D eigenvalue weighted by molar-refractivity contribution is 9.10. The van der Waals surface area contributed by atoms with Crippen molar-refractivity contribution < 1.29 is 4.92 Å². The van der Waals surface area contributed by atoms with Gasteiger partial charge in [-0.15, -0.1) is 0 Å². The lowest BCUT2D eigenvalue weighted by molar-refractivity contribution is -0.498. The summed E-state index contributed by atoms with van der Waals surface area (Å²) in [6.07, 6.45) is 0. The van der Waals surface area contributed by atoms with Gasteiger partial charge in [0.1, 0.15) is 0 Å². The Hall–Kier alpha value is -0.420. The topological polar surface area (TPSA) is 43.1 Å². The van der Waals surface area contributed by atoms with Gasteiger partial charge < -0.3 is 0 Å². The summed E-state index contributed by atoms with van der Waals surface area (Å²) in [5.41, 5.74) is 0.634. The minimum atomic E-state index is -0.824. The molecule has 0 saturated heterocycles. The third-order valence-electron chi connectivity index (χ3n) is 1.31. The van der Waals surface area contributed by atoms with E-state index in [9.17, 15) is 10.1 Å².